The molecular formula is C7H9N3O2S2. The second-order valence-electron chi connectivity index (χ2n) is 2.69. The number of rotatable bonds is 3. The Labute approximate surface area is 86.5 Å². The first-order valence-corrected chi connectivity index (χ1v) is 6.15. The van der Waals surface area contributed by atoms with E-state index in [2.05, 4.69) is 9.71 Å². The average Bonchev–Trinajstić information content (AvgIpc) is 2.48. The smallest absolute Gasteiger partial charge is 0.250 e. The van der Waals surface area contributed by atoms with Gasteiger partial charge in [0.05, 0.1) is 6.07 Å². The molecule has 7 heteroatoms. The fraction of sp³-hybridized carbons (Fsp3) is 0.429. The molecule has 76 valence electrons. The van der Waals surface area contributed by atoms with Crippen LogP contribution in [-0.4, -0.2) is 18.7 Å². The second-order valence-corrected chi connectivity index (χ2v) is 5.93. The molecule has 5 nitrogen and oxygen atoms in total. The molecule has 0 radical (unpaired) electrons. The molecule has 0 spiro atoms. The van der Waals surface area contributed by atoms with E-state index in [1.807, 2.05) is 6.92 Å². The summed E-state index contributed by atoms with van der Waals surface area (Å²) in [6.07, 6.45) is 1.57. The van der Waals surface area contributed by atoms with E-state index in [0.717, 1.165) is 4.88 Å². The van der Waals surface area contributed by atoms with E-state index in [1.54, 1.807) is 12.3 Å². The minimum Gasteiger partial charge on any atom is -0.258 e. The van der Waals surface area contributed by atoms with Crippen molar-refractivity contribution in [2.24, 2.45) is 0 Å². The molecule has 1 N–H and O–H groups in total. The first-order valence-electron chi connectivity index (χ1n) is 3.79. The summed E-state index contributed by atoms with van der Waals surface area (Å²) in [5.74, 6) is 0. The van der Waals surface area contributed by atoms with Gasteiger partial charge in [-0.3, -0.25) is 4.72 Å². The molecule has 0 saturated carbocycles. The van der Waals surface area contributed by atoms with Crippen LogP contribution < -0.4 is 4.72 Å². The molecule has 1 rings (SSSR count). The van der Waals surface area contributed by atoms with E-state index in [1.165, 1.54) is 18.3 Å². The number of hydrogen-bond donors (Lipinski definition) is 1. The highest BCUT2D eigenvalue weighted by molar-refractivity contribution is 7.93. The van der Waals surface area contributed by atoms with Gasteiger partial charge in [-0.1, -0.05) is 0 Å². The fourth-order valence-electron chi connectivity index (χ4n) is 0.681. The van der Waals surface area contributed by atoms with Gasteiger partial charge in [-0.05, 0) is 13.8 Å². The Morgan fingerprint density at radius 1 is 1.71 bits per heavy atom. The molecule has 1 heterocycles. The number of hydrogen-bond acceptors (Lipinski definition) is 5. The number of sulfonamides is 1. The number of aryl methyl sites for hydroxylation is 1. The Morgan fingerprint density at radius 2 is 2.36 bits per heavy atom. The van der Waals surface area contributed by atoms with Crippen LogP contribution in [0.25, 0.3) is 0 Å². The lowest BCUT2D eigenvalue weighted by Crippen LogP contribution is -2.23. The van der Waals surface area contributed by atoms with Crippen LogP contribution in [0, 0.1) is 18.3 Å². The zero-order chi connectivity index (χ0) is 10.8. The highest BCUT2D eigenvalue weighted by Crippen LogP contribution is 2.18. The van der Waals surface area contributed by atoms with Crippen LogP contribution in [0.15, 0.2) is 6.20 Å². The lowest BCUT2D eigenvalue weighted by atomic mass is 10.5. The maximum absolute atomic E-state index is 11.4. The molecular weight excluding hydrogens is 222 g/mol. The Hall–Kier alpha value is -1.13. The fourth-order valence-corrected chi connectivity index (χ4v) is 2.32. The summed E-state index contributed by atoms with van der Waals surface area (Å²) < 4.78 is 25.0. The van der Waals surface area contributed by atoms with Crippen LogP contribution in [-0.2, 0) is 10.0 Å². The zero-order valence-electron chi connectivity index (χ0n) is 7.68. The van der Waals surface area contributed by atoms with Crippen molar-refractivity contribution < 1.29 is 8.42 Å². The summed E-state index contributed by atoms with van der Waals surface area (Å²) >= 11 is 1.23. The molecule has 1 atom stereocenters. The van der Waals surface area contributed by atoms with E-state index >= 15 is 0 Å². The highest BCUT2D eigenvalue weighted by atomic mass is 32.2. The highest BCUT2D eigenvalue weighted by Gasteiger charge is 2.20. The van der Waals surface area contributed by atoms with Crippen LogP contribution in [0.3, 0.4) is 0 Å². The third-order valence-corrected chi connectivity index (χ3v) is 3.97. The van der Waals surface area contributed by atoms with E-state index in [4.69, 9.17) is 5.26 Å². The van der Waals surface area contributed by atoms with E-state index in [-0.39, 0.29) is 0 Å². The number of anilines is 1. The van der Waals surface area contributed by atoms with E-state index in [0.29, 0.717) is 5.13 Å². The van der Waals surface area contributed by atoms with Crippen LogP contribution in [0.4, 0.5) is 5.13 Å². The van der Waals surface area contributed by atoms with Gasteiger partial charge in [0.25, 0.3) is 10.0 Å². The van der Waals surface area contributed by atoms with Crippen molar-refractivity contribution in [1.82, 2.24) is 4.98 Å². The predicted octanol–water partition coefficient (Wildman–Crippen LogP) is 1.11. The van der Waals surface area contributed by atoms with Gasteiger partial charge in [0.15, 0.2) is 10.4 Å². The molecule has 14 heavy (non-hydrogen) atoms. The molecule has 0 saturated heterocycles. The monoisotopic (exact) mass is 231 g/mol. The molecule has 0 fully saturated rings. The summed E-state index contributed by atoms with van der Waals surface area (Å²) in [5.41, 5.74) is 0. The standard InChI is InChI=1S/C7H9N3O2S2/c1-5-4-9-7(13-5)10-14(11,12)6(2)3-8/h4,6H,1-2H3,(H,9,10). The molecule has 0 aromatic carbocycles. The maximum atomic E-state index is 11.4. The van der Waals surface area contributed by atoms with Gasteiger partial charge in [-0.15, -0.1) is 11.3 Å². The quantitative estimate of drug-likeness (QED) is 0.844. The second kappa shape index (κ2) is 3.94. The maximum Gasteiger partial charge on any atom is 0.250 e. The predicted molar refractivity (Wildman–Crippen MR) is 54.5 cm³/mol. The third kappa shape index (κ3) is 2.43. The summed E-state index contributed by atoms with van der Waals surface area (Å²) in [6, 6.07) is 1.66. The average molecular weight is 231 g/mol. The lowest BCUT2D eigenvalue weighted by Gasteiger charge is -2.05. The van der Waals surface area contributed by atoms with Gasteiger partial charge in [0.1, 0.15) is 0 Å². The van der Waals surface area contributed by atoms with Crippen molar-refractivity contribution in [3.63, 3.8) is 0 Å². The largest absolute Gasteiger partial charge is 0.258 e. The number of nitrogens with zero attached hydrogens (tertiary/aromatic N) is 2. The minimum atomic E-state index is -3.61. The Kier molecular flexibility index (Phi) is 3.08. The van der Waals surface area contributed by atoms with Crippen molar-refractivity contribution in [3.8, 4) is 6.07 Å². The van der Waals surface area contributed by atoms with Gasteiger partial charge in [0, 0.05) is 11.1 Å². The van der Waals surface area contributed by atoms with Crippen molar-refractivity contribution in [1.29, 1.82) is 5.26 Å². The summed E-state index contributed by atoms with van der Waals surface area (Å²) in [5, 5.41) is 7.69. The molecule has 0 bridgehead atoms. The van der Waals surface area contributed by atoms with Gasteiger partial charge >= 0.3 is 0 Å². The Balaban J connectivity index is 2.85. The van der Waals surface area contributed by atoms with Crippen molar-refractivity contribution >= 4 is 26.5 Å². The van der Waals surface area contributed by atoms with Crippen molar-refractivity contribution in [2.75, 3.05) is 4.72 Å². The van der Waals surface area contributed by atoms with Crippen molar-refractivity contribution in [2.45, 2.75) is 19.1 Å². The molecule has 1 aromatic rings. The molecule has 1 unspecified atom stereocenters. The van der Waals surface area contributed by atoms with E-state index in [9.17, 15) is 8.42 Å². The minimum absolute atomic E-state index is 0.296. The third-order valence-electron chi connectivity index (χ3n) is 1.50. The van der Waals surface area contributed by atoms with Crippen LogP contribution >= 0.6 is 11.3 Å². The number of nitrogens with one attached hydrogen (secondary N) is 1. The van der Waals surface area contributed by atoms with Gasteiger partial charge in [-0.2, -0.15) is 5.26 Å². The molecule has 1 aromatic heterocycles. The lowest BCUT2D eigenvalue weighted by molar-refractivity contribution is 0.597. The first kappa shape index (κ1) is 10.9. The van der Waals surface area contributed by atoms with Gasteiger partial charge in [0.2, 0.25) is 0 Å². The molecule has 0 aliphatic rings. The Morgan fingerprint density at radius 3 is 2.79 bits per heavy atom. The van der Waals surface area contributed by atoms with Crippen molar-refractivity contribution in [3.05, 3.63) is 11.1 Å². The molecule has 0 aliphatic heterocycles. The summed E-state index contributed by atoms with van der Waals surface area (Å²) in [7, 11) is -3.61. The summed E-state index contributed by atoms with van der Waals surface area (Å²) in [4.78, 5) is 4.75. The van der Waals surface area contributed by atoms with Gasteiger partial charge in [-0.25, -0.2) is 13.4 Å². The number of aromatic nitrogens is 1. The number of thiazole rings is 1. The topological polar surface area (TPSA) is 82.8 Å². The van der Waals surface area contributed by atoms with Crippen LogP contribution in [0.5, 0.6) is 0 Å². The summed E-state index contributed by atoms with van der Waals surface area (Å²) in [6.45, 7) is 3.14. The Bertz CT molecular complexity index is 458. The molecule has 0 amide bonds. The SMILES string of the molecule is Cc1cnc(NS(=O)(=O)C(C)C#N)s1. The van der Waals surface area contributed by atoms with Crippen LogP contribution in [0.2, 0.25) is 0 Å². The number of nitriles is 1. The first-order chi connectivity index (χ1) is 6.45. The normalized spacial score (nSPS) is 13.2. The van der Waals surface area contributed by atoms with E-state index < -0.39 is 15.3 Å². The van der Waals surface area contributed by atoms with Gasteiger partial charge < -0.3 is 0 Å². The molecule has 0 aliphatic carbocycles. The van der Waals surface area contributed by atoms with Crippen LogP contribution in [0.1, 0.15) is 11.8 Å². The zero-order valence-corrected chi connectivity index (χ0v) is 9.32.